The first-order chi connectivity index (χ1) is 19.7. The highest BCUT2D eigenvalue weighted by Crippen LogP contribution is 2.44. The lowest BCUT2D eigenvalue weighted by atomic mass is 9.72. The van der Waals surface area contributed by atoms with Crippen LogP contribution in [0, 0.1) is 0 Å². The third-order valence-electron chi connectivity index (χ3n) is 8.73. The number of hydrogen-bond donors (Lipinski definition) is 1. The number of likely N-dealkylation sites (tertiary alicyclic amines) is 1. The van der Waals surface area contributed by atoms with Crippen LogP contribution in [0.5, 0.6) is 0 Å². The molecule has 2 aromatic carbocycles. The van der Waals surface area contributed by atoms with E-state index in [0.29, 0.717) is 51.0 Å². The molecule has 1 N–H and O–H groups in total. The maximum Gasteiger partial charge on any atom is 0.416 e. The molecule has 0 aromatic heterocycles. The van der Waals surface area contributed by atoms with Crippen LogP contribution in [0.3, 0.4) is 0 Å². The fourth-order valence-corrected chi connectivity index (χ4v) is 6.48. The Hall–Kier alpha value is -3.12. The van der Waals surface area contributed by atoms with Crippen molar-refractivity contribution >= 4 is 11.8 Å². The van der Waals surface area contributed by atoms with Crippen molar-refractivity contribution in [2.24, 2.45) is 0 Å². The second kappa shape index (κ2) is 11.2. The van der Waals surface area contributed by atoms with Gasteiger partial charge in [-0.1, -0.05) is 30.3 Å². The number of rotatable bonds is 7. The van der Waals surface area contributed by atoms with Gasteiger partial charge >= 0.3 is 12.4 Å². The minimum Gasteiger partial charge on any atom is -0.372 e. The molecule has 3 aliphatic rings. The zero-order chi connectivity index (χ0) is 30.3. The summed E-state index contributed by atoms with van der Waals surface area (Å²) in [7, 11) is 0. The van der Waals surface area contributed by atoms with Gasteiger partial charge in [-0.3, -0.25) is 14.5 Å². The van der Waals surface area contributed by atoms with E-state index in [1.54, 1.807) is 4.90 Å². The molecule has 3 fully saturated rings. The predicted molar refractivity (Wildman–Crippen MR) is 141 cm³/mol. The van der Waals surface area contributed by atoms with E-state index in [1.165, 1.54) is 6.92 Å². The molecule has 3 saturated heterocycles. The minimum absolute atomic E-state index is 0.0319. The second-order valence-electron chi connectivity index (χ2n) is 11.6. The molecule has 2 aromatic rings. The summed E-state index contributed by atoms with van der Waals surface area (Å²) in [6, 6.07) is 10.7. The Bertz CT molecular complexity index is 1290. The molecule has 42 heavy (non-hydrogen) atoms. The molecule has 0 saturated carbocycles. The van der Waals surface area contributed by atoms with E-state index >= 15 is 0 Å². The zero-order valence-electron chi connectivity index (χ0n) is 23.2. The van der Waals surface area contributed by atoms with Crippen LogP contribution in [0.25, 0.3) is 0 Å². The van der Waals surface area contributed by atoms with Crippen LogP contribution in [-0.4, -0.2) is 59.9 Å². The van der Waals surface area contributed by atoms with Gasteiger partial charge in [-0.05, 0) is 61.9 Å². The van der Waals surface area contributed by atoms with Crippen molar-refractivity contribution in [1.29, 1.82) is 0 Å². The summed E-state index contributed by atoms with van der Waals surface area (Å²) in [6.45, 7) is 2.80. The molecule has 5 rings (SSSR count). The van der Waals surface area contributed by atoms with Crippen LogP contribution in [0.15, 0.2) is 48.5 Å². The first kappa shape index (κ1) is 30.3. The van der Waals surface area contributed by atoms with Gasteiger partial charge < -0.3 is 15.0 Å². The molecular weight excluding hydrogens is 564 g/mol. The molecule has 0 aliphatic carbocycles. The molecule has 0 radical (unpaired) electrons. The van der Waals surface area contributed by atoms with E-state index < -0.39 is 40.7 Å². The quantitative estimate of drug-likeness (QED) is 0.418. The van der Waals surface area contributed by atoms with Gasteiger partial charge in [-0.2, -0.15) is 26.3 Å². The zero-order valence-corrected chi connectivity index (χ0v) is 23.2. The maximum atomic E-state index is 13.5. The van der Waals surface area contributed by atoms with Crippen LogP contribution in [0.1, 0.15) is 67.4 Å². The number of halogens is 6. The van der Waals surface area contributed by atoms with Gasteiger partial charge in [0.15, 0.2) is 0 Å². The Morgan fingerprint density at radius 3 is 2.24 bits per heavy atom. The van der Waals surface area contributed by atoms with Gasteiger partial charge in [0, 0.05) is 26.1 Å². The average molecular weight is 598 g/mol. The van der Waals surface area contributed by atoms with Crippen LogP contribution >= 0.6 is 0 Å². The summed E-state index contributed by atoms with van der Waals surface area (Å²) in [6.07, 6.45) is -7.84. The molecule has 228 valence electrons. The SMILES string of the molecule is C[C@@H](OC[C@@]1(c2ccccc2)CC[C@]2(CN3CCCCC3=O)CN1CC(=O)N2)c1cc(C(F)(F)F)cc(C(F)(F)F)c1. The van der Waals surface area contributed by atoms with E-state index in [2.05, 4.69) is 5.32 Å². The van der Waals surface area contributed by atoms with Crippen molar-refractivity contribution in [1.82, 2.24) is 15.1 Å². The number of ether oxygens (including phenoxy) is 1. The first-order valence-electron chi connectivity index (χ1n) is 14.0. The third kappa shape index (κ3) is 6.15. The lowest BCUT2D eigenvalue weighted by Gasteiger charge is -2.58. The summed E-state index contributed by atoms with van der Waals surface area (Å²) in [5.74, 6) is -0.162. The number of carbonyl (C=O) groups is 2. The molecular formula is C30H33F6N3O3. The summed E-state index contributed by atoms with van der Waals surface area (Å²) >= 11 is 0. The Morgan fingerprint density at radius 2 is 1.62 bits per heavy atom. The lowest BCUT2D eigenvalue weighted by Crippen LogP contribution is -2.74. The van der Waals surface area contributed by atoms with Crippen molar-refractivity contribution in [3.8, 4) is 0 Å². The normalized spacial score (nSPS) is 27.5. The van der Waals surface area contributed by atoms with Crippen LogP contribution < -0.4 is 5.32 Å². The highest BCUT2D eigenvalue weighted by atomic mass is 19.4. The average Bonchev–Trinajstić information content (AvgIpc) is 2.93. The summed E-state index contributed by atoms with van der Waals surface area (Å²) in [5, 5.41) is 3.12. The fraction of sp³-hybridized carbons (Fsp3) is 0.533. The van der Waals surface area contributed by atoms with Crippen molar-refractivity contribution in [2.45, 2.75) is 68.6 Å². The highest BCUT2D eigenvalue weighted by molar-refractivity contribution is 5.81. The van der Waals surface area contributed by atoms with Crippen LogP contribution in [0.2, 0.25) is 0 Å². The van der Waals surface area contributed by atoms with Crippen molar-refractivity contribution in [3.05, 3.63) is 70.8 Å². The standard InChI is InChI=1S/C30H33F6N3O3/c1-20(21-13-23(29(31,32)33)15-24(14-21)30(34,35)36)42-19-28(22-7-3-2-4-8-22)11-10-27(18-39(28)16-25(40)37-27)17-38-12-6-5-9-26(38)41/h2-4,7-8,13-15,20H,5-6,9-12,16-19H2,1H3,(H,37,40)/t20-,27+,28-/m1/s1. The first-order valence-corrected chi connectivity index (χ1v) is 14.0. The third-order valence-corrected chi connectivity index (χ3v) is 8.73. The Kier molecular flexibility index (Phi) is 8.08. The number of hydrogen-bond acceptors (Lipinski definition) is 4. The number of benzene rings is 2. The number of piperidine rings is 2. The summed E-state index contributed by atoms with van der Waals surface area (Å²) < 4.78 is 87.0. The van der Waals surface area contributed by atoms with Crippen molar-refractivity contribution in [3.63, 3.8) is 0 Å². The van der Waals surface area contributed by atoms with E-state index in [9.17, 15) is 35.9 Å². The van der Waals surface area contributed by atoms with Gasteiger partial charge in [0.05, 0.1) is 41.5 Å². The molecule has 2 amide bonds. The topological polar surface area (TPSA) is 61.9 Å². The number of carbonyl (C=O) groups excluding carboxylic acids is 2. The van der Waals surface area contributed by atoms with E-state index in [-0.39, 0.29) is 36.6 Å². The van der Waals surface area contributed by atoms with Gasteiger partial charge in [0.25, 0.3) is 0 Å². The van der Waals surface area contributed by atoms with E-state index in [0.717, 1.165) is 18.4 Å². The van der Waals surface area contributed by atoms with Crippen LogP contribution in [0.4, 0.5) is 26.3 Å². The van der Waals surface area contributed by atoms with Gasteiger partial charge in [0.1, 0.15) is 0 Å². The summed E-state index contributed by atoms with van der Waals surface area (Å²) in [4.78, 5) is 29.4. The molecule has 1 unspecified atom stereocenters. The highest BCUT2D eigenvalue weighted by Gasteiger charge is 2.54. The van der Waals surface area contributed by atoms with E-state index in [4.69, 9.17) is 4.74 Å². The predicted octanol–water partition coefficient (Wildman–Crippen LogP) is 5.67. The Balaban J connectivity index is 1.44. The van der Waals surface area contributed by atoms with E-state index in [1.807, 2.05) is 35.2 Å². The van der Waals surface area contributed by atoms with Crippen molar-refractivity contribution in [2.75, 3.05) is 32.8 Å². The summed E-state index contributed by atoms with van der Waals surface area (Å²) in [5.41, 5.74) is -3.75. The number of nitrogens with zero attached hydrogens (tertiary/aromatic N) is 2. The number of alkyl halides is 6. The molecule has 12 heteroatoms. The minimum atomic E-state index is -4.97. The number of piperazine rings is 1. The van der Waals surface area contributed by atoms with Crippen molar-refractivity contribution < 1.29 is 40.7 Å². The molecule has 3 aliphatic heterocycles. The van der Waals surface area contributed by atoms with Crippen LogP contribution in [-0.2, 0) is 32.2 Å². The molecule has 2 bridgehead atoms. The number of amides is 2. The largest absolute Gasteiger partial charge is 0.416 e. The monoisotopic (exact) mass is 597 g/mol. The Labute approximate surface area is 240 Å². The smallest absolute Gasteiger partial charge is 0.372 e. The van der Waals surface area contributed by atoms with Gasteiger partial charge in [-0.25, -0.2) is 0 Å². The van der Waals surface area contributed by atoms with Gasteiger partial charge in [-0.15, -0.1) is 0 Å². The molecule has 4 atom stereocenters. The number of fused-ring (bicyclic) bond motifs is 2. The fourth-order valence-electron chi connectivity index (χ4n) is 6.48. The Morgan fingerprint density at radius 1 is 0.952 bits per heavy atom. The lowest BCUT2D eigenvalue weighted by molar-refractivity contribution is -0.149. The molecule has 0 spiro atoms. The molecule has 6 nitrogen and oxygen atoms in total. The second-order valence-corrected chi connectivity index (χ2v) is 11.6. The number of nitrogens with one attached hydrogen (secondary N) is 1. The molecule has 3 heterocycles. The van der Waals surface area contributed by atoms with Gasteiger partial charge in [0.2, 0.25) is 11.8 Å². The maximum absolute atomic E-state index is 13.5.